The molecule has 0 radical (unpaired) electrons. The van der Waals surface area contributed by atoms with E-state index in [0.717, 1.165) is 18.4 Å². The molecule has 106 valence electrons. The van der Waals surface area contributed by atoms with Crippen LogP contribution in [0.25, 0.3) is 0 Å². The number of carbonyl (C=O) groups is 1. The molecule has 0 aromatic rings. The molecule has 2 aliphatic carbocycles. The van der Waals surface area contributed by atoms with Crippen LogP contribution in [-0.4, -0.2) is 25.3 Å². The summed E-state index contributed by atoms with van der Waals surface area (Å²) in [7, 11) is 1.46. The topological polar surface area (TPSA) is 38.8 Å². The van der Waals surface area contributed by atoms with Crippen molar-refractivity contribution in [2.45, 2.75) is 52.1 Å². The molecule has 3 atom stereocenters. The number of ether oxygens (including phenoxy) is 2. The van der Waals surface area contributed by atoms with Crippen LogP contribution in [0.5, 0.6) is 0 Å². The smallest absolute Gasteiger partial charge is 0.336 e. The van der Waals surface area contributed by atoms with Crippen molar-refractivity contribution in [3.05, 3.63) is 11.6 Å². The molecule has 0 aromatic heterocycles. The maximum Gasteiger partial charge on any atom is 0.336 e. The van der Waals surface area contributed by atoms with E-state index in [1.165, 1.54) is 20.0 Å². The van der Waals surface area contributed by atoms with Crippen LogP contribution in [0.3, 0.4) is 0 Å². The zero-order valence-electron chi connectivity index (χ0n) is 12.4. The van der Waals surface area contributed by atoms with Gasteiger partial charge in [-0.2, -0.15) is 0 Å². The largest absolute Gasteiger partial charge is 0.466 e. The molecule has 19 heavy (non-hydrogen) atoms. The number of hydrogen-bond acceptors (Lipinski definition) is 3. The Balaban J connectivity index is 2.05. The van der Waals surface area contributed by atoms with Crippen molar-refractivity contribution in [2.24, 2.45) is 16.7 Å². The predicted octanol–water partition coefficient (Wildman–Crippen LogP) is 3.09. The van der Waals surface area contributed by atoms with Crippen LogP contribution in [0.4, 0.5) is 0 Å². The van der Waals surface area contributed by atoms with Gasteiger partial charge in [-0.1, -0.05) is 33.3 Å². The number of esters is 1. The maximum atomic E-state index is 12.0. The van der Waals surface area contributed by atoms with E-state index < -0.39 is 0 Å². The first-order valence-corrected chi connectivity index (χ1v) is 7.30. The molecule has 3 rings (SSSR count). The van der Waals surface area contributed by atoms with E-state index in [1.54, 1.807) is 0 Å². The van der Waals surface area contributed by atoms with Gasteiger partial charge in [0.1, 0.15) is 5.60 Å². The SMILES string of the molecule is COC(=O)C1=CC[C@H]2C(C)(C)CCC[C@]2(C)[C@@]12CO2. The van der Waals surface area contributed by atoms with Crippen LogP contribution in [-0.2, 0) is 14.3 Å². The number of fused-ring (bicyclic) bond motifs is 2. The van der Waals surface area contributed by atoms with Crippen molar-refractivity contribution in [1.82, 2.24) is 0 Å². The third-order valence-electron chi connectivity index (χ3n) is 5.98. The minimum atomic E-state index is -0.360. The summed E-state index contributed by atoms with van der Waals surface area (Å²) in [6.07, 6.45) is 6.69. The molecular weight excluding hydrogens is 240 g/mol. The molecule has 1 saturated carbocycles. The van der Waals surface area contributed by atoms with Crippen molar-refractivity contribution < 1.29 is 14.3 Å². The van der Waals surface area contributed by atoms with Crippen LogP contribution >= 0.6 is 0 Å². The zero-order valence-corrected chi connectivity index (χ0v) is 12.4. The molecule has 0 bridgehead atoms. The fraction of sp³-hybridized carbons (Fsp3) is 0.812. The van der Waals surface area contributed by atoms with E-state index in [-0.39, 0.29) is 17.0 Å². The monoisotopic (exact) mass is 264 g/mol. The summed E-state index contributed by atoms with van der Waals surface area (Å²) in [6.45, 7) is 7.72. The predicted molar refractivity (Wildman–Crippen MR) is 72.6 cm³/mol. The lowest BCUT2D eigenvalue weighted by Crippen LogP contribution is -2.54. The normalized spacial score (nSPS) is 43.4. The van der Waals surface area contributed by atoms with Gasteiger partial charge >= 0.3 is 5.97 Å². The van der Waals surface area contributed by atoms with Gasteiger partial charge in [-0.05, 0) is 30.6 Å². The number of hydrogen-bond donors (Lipinski definition) is 0. The Kier molecular flexibility index (Phi) is 2.66. The molecule has 1 saturated heterocycles. The van der Waals surface area contributed by atoms with Gasteiger partial charge in [-0.25, -0.2) is 4.79 Å². The van der Waals surface area contributed by atoms with Crippen molar-refractivity contribution in [2.75, 3.05) is 13.7 Å². The zero-order chi connectivity index (χ0) is 13.9. The highest BCUT2D eigenvalue weighted by Gasteiger charge is 2.69. The second kappa shape index (κ2) is 3.85. The van der Waals surface area contributed by atoms with Crippen molar-refractivity contribution >= 4 is 5.97 Å². The van der Waals surface area contributed by atoms with Gasteiger partial charge in [0.15, 0.2) is 0 Å². The lowest BCUT2D eigenvalue weighted by molar-refractivity contribution is -0.139. The molecule has 0 amide bonds. The molecule has 1 heterocycles. The molecular formula is C16H24O3. The Morgan fingerprint density at radius 3 is 2.63 bits per heavy atom. The number of allylic oxidation sites excluding steroid dienone is 1. The quantitative estimate of drug-likeness (QED) is 0.539. The Morgan fingerprint density at radius 2 is 2.05 bits per heavy atom. The van der Waals surface area contributed by atoms with E-state index in [1.807, 2.05) is 0 Å². The number of epoxide rings is 1. The number of rotatable bonds is 1. The minimum Gasteiger partial charge on any atom is -0.466 e. The summed E-state index contributed by atoms with van der Waals surface area (Å²) in [5.74, 6) is 0.380. The number of methoxy groups -OCH3 is 1. The Labute approximate surface area is 115 Å². The van der Waals surface area contributed by atoms with Crippen LogP contribution < -0.4 is 0 Å². The van der Waals surface area contributed by atoms with Crippen molar-refractivity contribution in [1.29, 1.82) is 0 Å². The third kappa shape index (κ3) is 1.57. The second-order valence-electron chi connectivity index (χ2n) is 7.27. The molecule has 3 aliphatic rings. The van der Waals surface area contributed by atoms with Crippen molar-refractivity contribution in [3.8, 4) is 0 Å². The van der Waals surface area contributed by atoms with Gasteiger partial charge in [0, 0.05) is 5.41 Å². The molecule has 3 heteroatoms. The average molecular weight is 264 g/mol. The third-order valence-corrected chi connectivity index (χ3v) is 5.98. The highest BCUT2D eigenvalue weighted by molar-refractivity contribution is 5.92. The standard InChI is InChI=1S/C16H24O3/c1-14(2)8-5-9-15(3)12(14)7-6-11(13(17)18-4)16(15)10-19-16/h6,12H,5,7-10H2,1-4H3/t12-,15-,16+/m0/s1. The summed E-state index contributed by atoms with van der Waals surface area (Å²) in [6, 6.07) is 0. The summed E-state index contributed by atoms with van der Waals surface area (Å²) in [5.41, 5.74) is 0.809. The summed E-state index contributed by atoms with van der Waals surface area (Å²) < 4.78 is 10.8. The van der Waals surface area contributed by atoms with E-state index in [2.05, 4.69) is 26.8 Å². The van der Waals surface area contributed by atoms with Gasteiger partial charge in [0.2, 0.25) is 0 Å². The molecule has 1 aliphatic heterocycles. The maximum absolute atomic E-state index is 12.0. The van der Waals surface area contributed by atoms with Gasteiger partial charge < -0.3 is 9.47 Å². The average Bonchev–Trinajstić information content (AvgIpc) is 3.12. The Morgan fingerprint density at radius 1 is 1.37 bits per heavy atom. The molecule has 3 nitrogen and oxygen atoms in total. The van der Waals surface area contributed by atoms with E-state index in [4.69, 9.17) is 9.47 Å². The molecule has 0 N–H and O–H groups in total. The summed E-state index contributed by atoms with van der Waals surface area (Å²) in [4.78, 5) is 12.0. The fourth-order valence-corrected chi connectivity index (χ4v) is 4.81. The first kappa shape index (κ1) is 13.2. The summed E-state index contributed by atoms with van der Waals surface area (Å²) in [5, 5.41) is 0. The lowest BCUT2D eigenvalue weighted by atomic mass is 9.48. The first-order chi connectivity index (χ1) is 8.87. The highest BCUT2D eigenvalue weighted by atomic mass is 16.6. The Hall–Kier alpha value is -0.830. The molecule has 0 aromatic carbocycles. The summed E-state index contributed by atoms with van der Waals surface area (Å²) >= 11 is 0. The lowest BCUT2D eigenvalue weighted by Gasteiger charge is -2.55. The van der Waals surface area contributed by atoms with Crippen LogP contribution in [0, 0.1) is 16.7 Å². The molecule has 1 spiro atoms. The van der Waals surface area contributed by atoms with Gasteiger partial charge in [-0.3, -0.25) is 0 Å². The highest BCUT2D eigenvalue weighted by Crippen LogP contribution is 2.66. The molecule has 2 fully saturated rings. The first-order valence-electron chi connectivity index (χ1n) is 7.30. The van der Waals surface area contributed by atoms with Crippen molar-refractivity contribution in [3.63, 3.8) is 0 Å². The molecule has 0 unspecified atom stereocenters. The Bertz CT molecular complexity index is 445. The van der Waals surface area contributed by atoms with E-state index in [9.17, 15) is 4.79 Å². The number of carbonyl (C=O) groups excluding carboxylic acids is 1. The van der Waals surface area contributed by atoms with Crippen LogP contribution in [0.2, 0.25) is 0 Å². The fourth-order valence-electron chi connectivity index (χ4n) is 4.81. The second-order valence-corrected chi connectivity index (χ2v) is 7.27. The van der Waals surface area contributed by atoms with Crippen LogP contribution in [0.1, 0.15) is 46.5 Å². The van der Waals surface area contributed by atoms with Gasteiger partial charge in [0.25, 0.3) is 0 Å². The van der Waals surface area contributed by atoms with Gasteiger partial charge in [0.05, 0.1) is 19.3 Å². The van der Waals surface area contributed by atoms with E-state index >= 15 is 0 Å². The van der Waals surface area contributed by atoms with Crippen LogP contribution in [0.15, 0.2) is 11.6 Å². The van der Waals surface area contributed by atoms with E-state index in [0.29, 0.717) is 17.9 Å². The van der Waals surface area contributed by atoms with Gasteiger partial charge in [-0.15, -0.1) is 0 Å². The minimum absolute atomic E-state index is 0.0764.